The maximum absolute atomic E-state index is 11.3. The van der Waals surface area contributed by atoms with Crippen molar-refractivity contribution in [1.29, 1.82) is 5.26 Å². The molecule has 1 aromatic carbocycles. The molecule has 0 aliphatic rings. The number of carbonyl (C=O) groups is 1. The number of halogens is 1. The Bertz CT molecular complexity index is 634. The molecule has 1 aromatic rings. The SMILES string of the molecule is N#CCCc1cc(C(=O)O)cc(S(N)(=O)=O)c1Cl. The lowest BCUT2D eigenvalue weighted by atomic mass is 10.1. The molecule has 0 heterocycles. The van der Waals surface area contributed by atoms with Crippen molar-refractivity contribution in [3.8, 4) is 6.07 Å². The Morgan fingerprint density at radius 3 is 2.56 bits per heavy atom. The van der Waals surface area contributed by atoms with E-state index in [1.54, 1.807) is 0 Å². The summed E-state index contributed by atoms with van der Waals surface area (Å²) in [5, 5.41) is 22.2. The van der Waals surface area contributed by atoms with Crippen molar-refractivity contribution >= 4 is 27.6 Å². The number of carboxylic acid groups (broad SMARTS) is 1. The molecule has 0 saturated carbocycles. The van der Waals surface area contributed by atoms with Crippen LogP contribution in [-0.2, 0) is 16.4 Å². The van der Waals surface area contributed by atoms with Crippen molar-refractivity contribution in [2.75, 3.05) is 0 Å². The van der Waals surface area contributed by atoms with Gasteiger partial charge in [0.25, 0.3) is 0 Å². The molecule has 0 aliphatic carbocycles. The minimum absolute atomic E-state index is 0.0901. The molecule has 0 bridgehead atoms. The molecule has 0 fully saturated rings. The highest BCUT2D eigenvalue weighted by Crippen LogP contribution is 2.27. The average Bonchev–Trinajstić information content (AvgIpc) is 2.25. The van der Waals surface area contributed by atoms with Crippen LogP contribution in [-0.4, -0.2) is 19.5 Å². The molecular weight excluding hydrogens is 280 g/mol. The number of aromatic carboxylic acids is 1. The van der Waals surface area contributed by atoms with Gasteiger partial charge in [0.1, 0.15) is 4.90 Å². The van der Waals surface area contributed by atoms with E-state index in [1.807, 2.05) is 6.07 Å². The fourth-order valence-electron chi connectivity index (χ4n) is 1.36. The van der Waals surface area contributed by atoms with Gasteiger partial charge in [0.2, 0.25) is 10.0 Å². The number of hydrogen-bond donors (Lipinski definition) is 2. The number of benzene rings is 1. The van der Waals surface area contributed by atoms with Crippen LogP contribution in [0.25, 0.3) is 0 Å². The topological polar surface area (TPSA) is 121 Å². The third kappa shape index (κ3) is 3.20. The van der Waals surface area contributed by atoms with Crippen LogP contribution in [0.3, 0.4) is 0 Å². The molecule has 18 heavy (non-hydrogen) atoms. The van der Waals surface area contributed by atoms with E-state index in [9.17, 15) is 13.2 Å². The number of sulfonamides is 1. The van der Waals surface area contributed by atoms with Crippen LogP contribution in [0.15, 0.2) is 17.0 Å². The first-order valence-electron chi connectivity index (χ1n) is 4.73. The van der Waals surface area contributed by atoms with Gasteiger partial charge in [-0.3, -0.25) is 0 Å². The molecule has 1 rings (SSSR count). The quantitative estimate of drug-likeness (QED) is 0.860. The summed E-state index contributed by atoms with van der Waals surface area (Å²) in [6.45, 7) is 0. The fraction of sp³-hybridized carbons (Fsp3) is 0.200. The number of nitriles is 1. The lowest BCUT2D eigenvalue weighted by molar-refractivity contribution is 0.0696. The smallest absolute Gasteiger partial charge is 0.335 e. The first-order valence-corrected chi connectivity index (χ1v) is 6.65. The fourth-order valence-corrected chi connectivity index (χ4v) is 2.56. The third-order valence-corrected chi connectivity index (χ3v) is 3.67. The van der Waals surface area contributed by atoms with Gasteiger partial charge in [0.15, 0.2) is 0 Å². The number of primary sulfonamides is 1. The van der Waals surface area contributed by atoms with E-state index >= 15 is 0 Å². The molecule has 0 amide bonds. The summed E-state index contributed by atoms with van der Waals surface area (Å²) in [6.07, 6.45) is 0.242. The van der Waals surface area contributed by atoms with E-state index in [-0.39, 0.29) is 29.0 Å². The number of nitrogens with two attached hydrogens (primary N) is 1. The summed E-state index contributed by atoms with van der Waals surface area (Å²) in [5.41, 5.74) is 0.0264. The molecule has 8 heteroatoms. The zero-order valence-corrected chi connectivity index (χ0v) is 10.6. The Morgan fingerprint density at radius 2 is 2.11 bits per heavy atom. The van der Waals surface area contributed by atoms with E-state index in [1.165, 1.54) is 6.07 Å². The molecular formula is C10H9ClN2O4S. The monoisotopic (exact) mass is 288 g/mol. The Hall–Kier alpha value is -1.62. The molecule has 0 aromatic heterocycles. The van der Waals surface area contributed by atoms with Crippen molar-refractivity contribution in [3.63, 3.8) is 0 Å². The zero-order chi connectivity index (χ0) is 13.9. The summed E-state index contributed by atoms with van der Waals surface area (Å²) in [6, 6.07) is 4.00. The molecule has 0 unspecified atom stereocenters. The molecule has 6 nitrogen and oxygen atoms in total. The van der Waals surface area contributed by atoms with E-state index in [0.29, 0.717) is 0 Å². The molecule has 0 spiro atoms. The van der Waals surface area contributed by atoms with Crippen LogP contribution in [0, 0.1) is 11.3 Å². The lowest BCUT2D eigenvalue weighted by Gasteiger charge is -2.09. The van der Waals surface area contributed by atoms with Gasteiger partial charge in [0.05, 0.1) is 16.7 Å². The van der Waals surface area contributed by atoms with E-state index in [0.717, 1.165) is 6.07 Å². The molecule has 0 saturated heterocycles. The van der Waals surface area contributed by atoms with Gasteiger partial charge in [-0.2, -0.15) is 5.26 Å². The summed E-state index contributed by atoms with van der Waals surface area (Å²) < 4.78 is 22.6. The number of hydrogen-bond acceptors (Lipinski definition) is 4. The van der Waals surface area contributed by atoms with Gasteiger partial charge in [-0.25, -0.2) is 18.4 Å². The van der Waals surface area contributed by atoms with Crippen molar-refractivity contribution < 1.29 is 18.3 Å². The maximum Gasteiger partial charge on any atom is 0.335 e. The average molecular weight is 289 g/mol. The van der Waals surface area contributed by atoms with Gasteiger partial charge in [-0.1, -0.05) is 11.6 Å². The van der Waals surface area contributed by atoms with Crippen molar-refractivity contribution in [1.82, 2.24) is 0 Å². The van der Waals surface area contributed by atoms with Crippen molar-refractivity contribution in [2.24, 2.45) is 5.14 Å². The summed E-state index contributed by atoms with van der Waals surface area (Å²) in [5.74, 6) is -1.30. The first kappa shape index (κ1) is 14.4. The Morgan fingerprint density at radius 1 is 1.50 bits per heavy atom. The van der Waals surface area contributed by atoms with E-state index in [2.05, 4.69) is 0 Å². The highest BCUT2D eigenvalue weighted by Gasteiger charge is 2.19. The van der Waals surface area contributed by atoms with Crippen molar-refractivity contribution in [2.45, 2.75) is 17.7 Å². The van der Waals surface area contributed by atoms with Gasteiger partial charge < -0.3 is 5.11 Å². The standard InChI is InChI=1S/C10H9ClN2O4S/c11-9-6(2-1-3-12)4-7(10(14)15)5-8(9)18(13,16)17/h4-5H,1-2H2,(H,14,15)(H2,13,16,17). The normalized spacial score (nSPS) is 10.9. The lowest BCUT2D eigenvalue weighted by Crippen LogP contribution is -2.15. The molecule has 0 aliphatic heterocycles. The largest absolute Gasteiger partial charge is 0.478 e. The zero-order valence-electron chi connectivity index (χ0n) is 9.05. The molecule has 3 N–H and O–H groups in total. The van der Waals surface area contributed by atoms with Gasteiger partial charge in [0, 0.05) is 6.42 Å². The molecule has 0 radical (unpaired) electrons. The van der Waals surface area contributed by atoms with E-state index < -0.39 is 20.9 Å². The highest BCUT2D eigenvalue weighted by atomic mass is 35.5. The summed E-state index contributed by atoms with van der Waals surface area (Å²) in [4.78, 5) is 10.4. The second-order valence-corrected chi connectivity index (χ2v) is 5.36. The van der Waals surface area contributed by atoms with Gasteiger partial charge in [-0.15, -0.1) is 0 Å². The minimum Gasteiger partial charge on any atom is -0.478 e. The predicted molar refractivity (Wildman–Crippen MR) is 63.7 cm³/mol. The van der Waals surface area contributed by atoms with Crippen LogP contribution in [0.1, 0.15) is 22.3 Å². The second-order valence-electron chi connectivity index (χ2n) is 3.46. The number of rotatable bonds is 4. The number of aryl methyl sites for hydroxylation is 1. The van der Waals surface area contributed by atoms with Crippen LogP contribution in [0.2, 0.25) is 5.02 Å². The van der Waals surface area contributed by atoms with Crippen LogP contribution in [0.5, 0.6) is 0 Å². The van der Waals surface area contributed by atoms with E-state index in [4.69, 9.17) is 27.1 Å². The predicted octanol–water partition coefficient (Wildman–Crippen LogP) is 1.14. The van der Waals surface area contributed by atoms with Crippen LogP contribution < -0.4 is 5.14 Å². The Kier molecular flexibility index (Phi) is 4.29. The summed E-state index contributed by atoms with van der Waals surface area (Å²) >= 11 is 5.84. The molecule has 96 valence electrons. The Labute approximate surface area is 109 Å². The van der Waals surface area contributed by atoms with Gasteiger partial charge in [-0.05, 0) is 24.1 Å². The maximum atomic E-state index is 11.3. The minimum atomic E-state index is -4.12. The first-order chi connectivity index (χ1) is 8.27. The van der Waals surface area contributed by atoms with Crippen LogP contribution in [0.4, 0.5) is 0 Å². The molecule has 0 atom stereocenters. The second kappa shape index (κ2) is 5.35. The third-order valence-electron chi connectivity index (χ3n) is 2.17. The number of nitrogens with zero attached hydrogens (tertiary/aromatic N) is 1. The highest BCUT2D eigenvalue weighted by molar-refractivity contribution is 7.89. The van der Waals surface area contributed by atoms with Gasteiger partial charge >= 0.3 is 5.97 Å². The Balaban J connectivity index is 3.49. The van der Waals surface area contributed by atoms with Crippen LogP contribution >= 0.6 is 11.6 Å². The summed E-state index contributed by atoms with van der Waals surface area (Å²) in [7, 11) is -4.12. The number of carboxylic acids is 1. The van der Waals surface area contributed by atoms with Crippen molar-refractivity contribution in [3.05, 3.63) is 28.3 Å².